The van der Waals surface area contributed by atoms with E-state index in [1.165, 1.54) is 10.9 Å². The third-order valence-electron chi connectivity index (χ3n) is 6.16. The molecule has 1 N–H and O–H groups in total. The van der Waals surface area contributed by atoms with E-state index in [2.05, 4.69) is 35.0 Å². The van der Waals surface area contributed by atoms with Gasteiger partial charge in [-0.05, 0) is 36.8 Å². The lowest BCUT2D eigenvalue weighted by atomic mass is 10.1. The summed E-state index contributed by atoms with van der Waals surface area (Å²) < 4.78 is 2.29. The molecule has 5 nitrogen and oxygen atoms in total. The van der Waals surface area contributed by atoms with Gasteiger partial charge in [-0.25, -0.2) is 0 Å². The molecule has 31 heavy (non-hydrogen) atoms. The number of hydrogen-bond acceptors (Lipinski definition) is 2. The smallest absolute Gasteiger partial charge is 0.229 e. The first-order chi connectivity index (χ1) is 15.1. The molecule has 1 unspecified atom stereocenters. The van der Waals surface area contributed by atoms with Crippen molar-refractivity contribution in [3.05, 3.63) is 78.4 Å². The predicted octanol–water partition coefficient (Wildman–Crippen LogP) is 4.80. The molecule has 1 saturated heterocycles. The second kappa shape index (κ2) is 7.91. The molecule has 4 aromatic rings. The van der Waals surface area contributed by atoms with Gasteiger partial charge in [-0.1, -0.05) is 48.5 Å². The molecule has 0 saturated carbocycles. The van der Waals surface area contributed by atoms with Crippen LogP contribution in [0, 0.1) is 5.92 Å². The van der Waals surface area contributed by atoms with Crippen LogP contribution in [0.1, 0.15) is 18.9 Å². The minimum absolute atomic E-state index is 0.0328. The number of benzene rings is 3. The molecule has 0 aliphatic carbocycles. The summed E-state index contributed by atoms with van der Waals surface area (Å²) in [4.78, 5) is 27.1. The molecule has 3 aromatic carbocycles. The monoisotopic (exact) mass is 411 g/mol. The van der Waals surface area contributed by atoms with Gasteiger partial charge in [0.2, 0.25) is 11.8 Å². The molecular formula is C26H25N3O2. The van der Waals surface area contributed by atoms with Gasteiger partial charge in [-0.15, -0.1) is 0 Å². The van der Waals surface area contributed by atoms with E-state index < -0.39 is 0 Å². The Morgan fingerprint density at radius 3 is 2.52 bits per heavy atom. The number of nitrogens with zero attached hydrogens (tertiary/aromatic N) is 2. The van der Waals surface area contributed by atoms with Crippen LogP contribution < -0.4 is 5.32 Å². The van der Waals surface area contributed by atoms with Crippen LogP contribution in [-0.4, -0.2) is 27.8 Å². The number of anilines is 1. The summed E-state index contributed by atoms with van der Waals surface area (Å²) in [6.45, 7) is 4.03. The summed E-state index contributed by atoms with van der Waals surface area (Å²) in [5.41, 5.74) is 4.20. The second-order valence-electron chi connectivity index (χ2n) is 8.14. The van der Waals surface area contributed by atoms with E-state index in [1.54, 1.807) is 4.90 Å². The maximum Gasteiger partial charge on any atom is 0.229 e. The van der Waals surface area contributed by atoms with Crippen molar-refractivity contribution in [1.29, 1.82) is 0 Å². The van der Waals surface area contributed by atoms with Gasteiger partial charge in [0.1, 0.15) is 0 Å². The van der Waals surface area contributed by atoms with Crippen LogP contribution in [0.25, 0.3) is 21.8 Å². The second-order valence-corrected chi connectivity index (χ2v) is 8.14. The van der Waals surface area contributed by atoms with Crippen molar-refractivity contribution in [2.75, 3.05) is 11.9 Å². The van der Waals surface area contributed by atoms with Gasteiger partial charge in [-0.3, -0.25) is 9.59 Å². The number of nitrogens with one attached hydrogen (secondary N) is 1. The molecule has 0 bridgehead atoms. The highest BCUT2D eigenvalue weighted by Crippen LogP contribution is 2.31. The van der Waals surface area contributed by atoms with Gasteiger partial charge in [-0.2, -0.15) is 0 Å². The highest BCUT2D eigenvalue weighted by molar-refractivity contribution is 6.10. The molecule has 1 aliphatic rings. The van der Waals surface area contributed by atoms with Crippen LogP contribution in [0.5, 0.6) is 0 Å². The quantitative estimate of drug-likeness (QED) is 0.513. The van der Waals surface area contributed by atoms with E-state index in [0.29, 0.717) is 13.1 Å². The summed E-state index contributed by atoms with van der Waals surface area (Å²) >= 11 is 0. The molecule has 5 rings (SSSR count). The fraction of sp³-hybridized carbons (Fsp3) is 0.231. The Bertz CT molecular complexity index is 1280. The maximum atomic E-state index is 12.9. The summed E-state index contributed by atoms with van der Waals surface area (Å²) in [5.74, 6) is -0.392. The highest BCUT2D eigenvalue weighted by atomic mass is 16.2. The molecule has 156 valence electrons. The van der Waals surface area contributed by atoms with Crippen molar-refractivity contribution >= 4 is 39.3 Å². The number of para-hydroxylation sites is 1. The van der Waals surface area contributed by atoms with Gasteiger partial charge >= 0.3 is 0 Å². The van der Waals surface area contributed by atoms with Crippen molar-refractivity contribution < 1.29 is 9.59 Å². The third kappa shape index (κ3) is 3.56. The molecule has 1 atom stereocenters. The van der Waals surface area contributed by atoms with Crippen LogP contribution in [-0.2, 0) is 22.7 Å². The lowest BCUT2D eigenvalue weighted by Gasteiger charge is -2.16. The molecule has 2 amide bonds. The number of fused-ring (bicyclic) bond motifs is 3. The Labute approximate surface area is 181 Å². The number of likely N-dealkylation sites (tertiary alicyclic amines) is 1. The fourth-order valence-electron chi connectivity index (χ4n) is 4.62. The van der Waals surface area contributed by atoms with Crippen LogP contribution >= 0.6 is 0 Å². The van der Waals surface area contributed by atoms with E-state index in [4.69, 9.17) is 0 Å². The number of carbonyl (C=O) groups excluding carboxylic acids is 2. The average molecular weight is 412 g/mol. The van der Waals surface area contributed by atoms with Gasteiger partial charge < -0.3 is 14.8 Å². The Hall–Kier alpha value is -3.60. The first kappa shape index (κ1) is 19.4. The van der Waals surface area contributed by atoms with Gasteiger partial charge in [0, 0.05) is 53.5 Å². The first-order valence-corrected chi connectivity index (χ1v) is 10.8. The molecular weight excluding hydrogens is 386 g/mol. The third-order valence-corrected chi connectivity index (χ3v) is 6.16. The Morgan fingerprint density at radius 2 is 1.71 bits per heavy atom. The Morgan fingerprint density at radius 1 is 0.968 bits per heavy atom. The summed E-state index contributed by atoms with van der Waals surface area (Å²) in [7, 11) is 0. The maximum absolute atomic E-state index is 12.9. The normalized spacial score (nSPS) is 16.4. The van der Waals surface area contributed by atoms with Crippen molar-refractivity contribution in [1.82, 2.24) is 9.47 Å². The number of amides is 2. The molecule has 1 aromatic heterocycles. The fourth-order valence-corrected chi connectivity index (χ4v) is 4.62. The lowest BCUT2D eigenvalue weighted by Crippen LogP contribution is -2.28. The number of carbonyl (C=O) groups is 2. The van der Waals surface area contributed by atoms with Crippen LogP contribution in [0.3, 0.4) is 0 Å². The summed E-state index contributed by atoms with van der Waals surface area (Å²) in [5, 5.41) is 5.36. The van der Waals surface area contributed by atoms with Gasteiger partial charge in [0.05, 0.1) is 5.92 Å². The summed E-state index contributed by atoms with van der Waals surface area (Å²) in [6, 6.07) is 24.3. The molecule has 0 radical (unpaired) electrons. The van der Waals surface area contributed by atoms with Crippen molar-refractivity contribution in [2.24, 2.45) is 5.92 Å². The topological polar surface area (TPSA) is 54.3 Å². The molecule has 2 heterocycles. The standard InChI is InChI=1S/C26H25N3O2/c1-2-29-23-11-7-6-10-21(23)22-15-20(12-13-24(22)29)27-26(31)19-14-25(30)28(17-19)16-18-8-4-3-5-9-18/h3-13,15,19H,2,14,16-17H2,1H3,(H,27,31). The van der Waals surface area contributed by atoms with E-state index >= 15 is 0 Å². The van der Waals surface area contributed by atoms with Gasteiger partial charge in [0.25, 0.3) is 0 Å². The van der Waals surface area contributed by atoms with E-state index in [1.807, 2.05) is 54.6 Å². The number of aryl methyl sites for hydroxylation is 1. The Balaban J connectivity index is 1.34. The molecule has 5 heteroatoms. The van der Waals surface area contributed by atoms with Crippen LogP contribution in [0.15, 0.2) is 72.8 Å². The van der Waals surface area contributed by atoms with Gasteiger partial charge in [0.15, 0.2) is 0 Å². The minimum Gasteiger partial charge on any atom is -0.341 e. The van der Waals surface area contributed by atoms with E-state index in [0.717, 1.165) is 28.7 Å². The first-order valence-electron chi connectivity index (χ1n) is 10.8. The zero-order valence-electron chi connectivity index (χ0n) is 17.5. The molecule has 0 spiro atoms. The zero-order chi connectivity index (χ0) is 21.4. The number of hydrogen-bond donors (Lipinski definition) is 1. The minimum atomic E-state index is -0.330. The van der Waals surface area contributed by atoms with E-state index in [9.17, 15) is 9.59 Å². The van der Waals surface area contributed by atoms with Crippen molar-refractivity contribution in [2.45, 2.75) is 26.4 Å². The zero-order valence-corrected chi connectivity index (χ0v) is 17.5. The molecule has 1 fully saturated rings. The van der Waals surface area contributed by atoms with Crippen molar-refractivity contribution in [3.8, 4) is 0 Å². The number of aromatic nitrogens is 1. The highest BCUT2D eigenvalue weighted by Gasteiger charge is 2.34. The lowest BCUT2D eigenvalue weighted by molar-refractivity contribution is -0.128. The van der Waals surface area contributed by atoms with Crippen LogP contribution in [0.4, 0.5) is 5.69 Å². The van der Waals surface area contributed by atoms with E-state index in [-0.39, 0.29) is 24.2 Å². The van der Waals surface area contributed by atoms with Crippen molar-refractivity contribution in [3.63, 3.8) is 0 Å². The Kier molecular flexibility index (Phi) is 4.94. The SMILES string of the molecule is CCn1c2ccccc2c2cc(NC(=O)C3CC(=O)N(Cc4ccccc4)C3)ccc21. The average Bonchev–Trinajstić information content (AvgIpc) is 3.32. The predicted molar refractivity (Wildman–Crippen MR) is 124 cm³/mol. The van der Waals surface area contributed by atoms with Crippen LogP contribution in [0.2, 0.25) is 0 Å². The summed E-state index contributed by atoms with van der Waals surface area (Å²) in [6.07, 6.45) is 0.260. The largest absolute Gasteiger partial charge is 0.341 e. The number of rotatable bonds is 5. The molecule has 1 aliphatic heterocycles.